The third kappa shape index (κ3) is 1.24. The molecule has 14 heavy (non-hydrogen) atoms. The van der Waals surface area contributed by atoms with Crippen LogP contribution in [0, 0.1) is 6.92 Å². The number of hydrogen-bond donors (Lipinski definition) is 1. The first kappa shape index (κ1) is 9.02. The van der Waals surface area contributed by atoms with Crippen molar-refractivity contribution in [1.82, 2.24) is 0 Å². The largest absolute Gasteiger partial charge is 0.872 e. The van der Waals surface area contributed by atoms with Crippen molar-refractivity contribution in [3.8, 4) is 5.75 Å². The average molecular weight is 207 g/mol. The van der Waals surface area contributed by atoms with Crippen LogP contribution in [-0.4, -0.2) is 11.1 Å². The van der Waals surface area contributed by atoms with E-state index >= 15 is 0 Å². The Balaban J connectivity index is 2.84. The van der Waals surface area contributed by atoms with E-state index in [9.17, 15) is 9.90 Å². The predicted octanol–water partition coefficient (Wildman–Crippen LogP) is 1.98. The van der Waals surface area contributed by atoms with E-state index in [4.69, 9.17) is 5.11 Å². The van der Waals surface area contributed by atoms with Crippen molar-refractivity contribution in [2.45, 2.75) is 6.92 Å². The van der Waals surface area contributed by atoms with E-state index in [1.54, 1.807) is 13.0 Å². The SMILES string of the molecule is Cc1sc2cc([O-])ccc2c1C(=O)O. The molecule has 0 atom stereocenters. The number of aryl methyl sites for hydroxylation is 1. The van der Waals surface area contributed by atoms with Crippen LogP contribution in [0.15, 0.2) is 18.2 Å². The van der Waals surface area contributed by atoms with Crippen LogP contribution in [0.25, 0.3) is 10.1 Å². The summed E-state index contributed by atoms with van der Waals surface area (Å²) in [6.45, 7) is 1.75. The molecule has 0 fully saturated rings. The Morgan fingerprint density at radius 3 is 2.86 bits per heavy atom. The average Bonchev–Trinajstić information content (AvgIpc) is 2.39. The minimum Gasteiger partial charge on any atom is -0.872 e. The normalized spacial score (nSPS) is 10.6. The summed E-state index contributed by atoms with van der Waals surface area (Å²) >= 11 is 1.34. The Morgan fingerprint density at radius 1 is 1.50 bits per heavy atom. The lowest BCUT2D eigenvalue weighted by molar-refractivity contribution is -0.268. The molecular weight excluding hydrogens is 200 g/mol. The highest BCUT2D eigenvalue weighted by Crippen LogP contribution is 2.32. The molecular formula is C10H7O3S-. The molecule has 0 saturated heterocycles. The summed E-state index contributed by atoms with van der Waals surface area (Å²) in [7, 11) is 0. The number of thiophene rings is 1. The van der Waals surface area contributed by atoms with Crippen LogP contribution in [0.4, 0.5) is 0 Å². The molecule has 0 saturated carbocycles. The first-order valence-corrected chi connectivity index (χ1v) is 4.84. The molecule has 0 bridgehead atoms. The van der Waals surface area contributed by atoms with Gasteiger partial charge in [0, 0.05) is 15.0 Å². The molecule has 0 unspecified atom stereocenters. The summed E-state index contributed by atoms with van der Waals surface area (Å²) in [5, 5.41) is 20.6. The lowest BCUT2D eigenvalue weighted by Gasteiger charge is -2.02. The minimum absolute atomic E-state index is 0.0873. The van der Waals surface area contributed by atoms with Gasteiger partial charge in [0.15, 0.2) is 0 Å². The van der Waals surface area contributed by atoms with E-state index in [1.165, 1.54) is 23.5 Å². The maximum absolute atomic E-state index is 11.0. The van der Waals surface area contributed by atoms with E-state index in [0.717, 1.165) is 9.58 Å². The number of carboxylic acid groups (broad SMARTS) is 1. The van der Waals surface area contributed by atoms with Gasteiger partial charge in [-0.2, -0.15) is 0 Å². The van der Waals surface area contributed by atoms with Crippen LogP contribution < -0.4 is 5.11 Å². The van der Waals surface area contributed by atoms with Gasteiger partial charge in [-0.3, -0.25) is 0 Å². The second-order valence-corrected chi connectivity index (χ2v) is 4.25. The summed E-state index contributed by atoms with van der Waals surface area (Å²) in [6.07, 6.45) is 0. The van der Waals surface area contributed by atoms with Crippen molar-refractivity contribution < 1.29 is 15.0 Å². The van der Waals surface area contributed by atoms with Crippen LogP contribution in [0.5, 0.6) is 5.75 Å². The van der Waals surface area contributed by atoms with Crippen LogP contribution in [-0.2, 0) is 0 Å². The smallest absolute Gasteiger partial charge is 0.337 e. The zero-order valence-corrected chi connectivity index (χ0v) is 8.22. The second-order valence-electron chi connectivity index (χ2n) is 3.00. The van der Waals surface area contributed by atoms with Gasteiger partial charge in [0.05, 0.1) is 5.56 Å². The highest BCUT2D eigenvalue weighted by Gasteiger charge is 2.14. The van der Waals surface area contributed by atoms with Gasteiger partial charge in [-0.25, -0.2) is 4.79 Å². The minimum atomic E-state index is -0.938. The van der Waals surface area contributed by atoms with Gasteiger partial charge in [-0.05, 0) is 6.92 Å². The number of aromatic carboxylic acids is 1. The summed E-state index contributed by atoms with van der Waals surface area (Å²) in [5.74, 6) is -1.02. The summed E-state index contributed by atoms with van der Waals surface area (Å²) in [5.41, 5.74) is 0.310. The maximum Gasteiger partial charge on any atom is 0.337 e. The van der Waals surface area contributed by atoms with Gasteiger partial charge in [0.25, 0.3) is 0 Å². The molecule has 4 heteroatoms. The van der Waals surface area contributed by atoms with E-state index in [-0.39, 0.29) is 5.75 Å². The molecule has 0 aliphatic rings. The van der Waals surface area contributed by atoms with Gasteiger partial charge in [0.2, 0.25) is 0 Å². The Hall–Kier alpha value is -1.55. The number of carboxylic acids is 1. The predicted molar refractivity (Wildman–Crippen MR) is 53.0 cm³/mol. The fraction of sp³-hybridized carbons (Fsp3) is 0.100. The molecule has 1 aromatic heterocycles. The van der Waals surface area contributed by atoms with Crippen LogP contribution in [0.3, 0.4) is 0 Å². The Kier molecular flexibility index (Phi) is 1.93. The maximum atomic E-state index is 11.0. The van der Waals surface area contributed by atoms with E-state index in [1.807, 2.05) is 0 Å². The highest BCUT2D eigenvalue weighted by molar-refractivity contribution is 7.19. The van der Waals surface area contributed by atoms with Gasteiger partial charge in [-0.1, -0.05) is 18.2 Å². The molecule has 2 rings (SSSR count). The summed E-state index contributed by atoms with van der Waals surface area (Å²) in [4.78, 5) is 11.6. The zero-order chi connectivity index (χ0) is 10.3. The Bertz CT molecular complexity index is 513. The van der Waals surface area contributed by atoms with Gasteiger partial charge in [-0.15, -0.1) is 17.1 Å². The van der Waals surface area contributed by atoms with Crippen LogP contribution >= 0.6 is 11.3 Å². The summed E-state index contributed by atoms with van der Waals surface area (Å²) in [6, 6.07) is 4.44. The van der Waals surface area contributed by atoms with E-state index in [2.05, 4.69) is 0 Å². The topological polar surface area (TPSA) is 60.4 Å². The third-order valence-electron chi connectivity index (χ3n) is 2.05. The molecule has 0 radical (unpaired) electrons. The number of fused-ring (bicyclic) bond motifs is 1. The molecule has 0 aliphatic carbocycles. The molecule has 3 nitrogen and oxygen atoms in total. The third-order valence-corrected chi connectivity index (χ3v) is 3.12. The van der Waals surface area contributed by atoms with Crippen molar-refractivity contribution in [2.75, 3.05) is 0 Å². The summed E-state index contributed by atoms with van der Waals surface area (Å²) < 4.78 is 0.743. The van der Waals surface area contributed by atoms with Crippen molar-refractivity contribution in [3.05, 3.63) is 28.6 Å². The van der Waals surface area contributed by atoms with Crippen molar-refractivity contribution in [2.24, 2.45) is 0 Å². The Labute approximate surface area is 84.2 Å². The first-order valence-electron chi connectivity index (χ1n) is 4.03. The second kappa shape index (κ2) is 2.99. The van der Waals surface area contributed by atoms with Gasteiger partial charge < -0.3 is 10.2 Å². The first-order chi connectivity index (χ1) is 6.59. The van der Waals surface area contributed by atoms with Crippen molar-refractivity contribution in [3.63, 3.8) is 0 Å². The quantitative estimate of drug-likeness (QED) is 0.777. The standard InChI is InChI=1S/C10H8O3S/c1-5-9(10(12)13)7-3-2-6(11)4-8(7)14-5/h2-4,11H,1H3,(H,12,13)/p-1. The number of carbonyl (C=O) groups is 1. The Morgan fingerprint density at radius 2 is 2.21 bits per heavy atom. The van der Waals surface area contributed by atoms with E-state index < -0.39 is 5.97 Å². The molecule has 1 N–H and O–H groups in total. The monoisotopic (exact) mass is 207 g/mol. The fourth-order valence-corrected chi connectivity index (χ4v) is 2.55. The van der Waals surface area contributed by atoms with Crippen LogP contribution in [0.2, 0.25) is 0 Å². The number of rotatable bonds is 1. The number of hydrogen-bond acceptors (Lipinski definition) is 3. The highest BCUT2D eigenvalue weighted by atomic mass is 32.1. The lowest BCUT2D eigenvalue weighted by atomic mass is 10.1. The van der Waals surface area contributed by atoms with Gasteiger partial charge in [0.1, 0.15) is 0 Å². The zero-order valence-electron chi connectivity index (χ0n) is 7.40. The molecule has 1 aromatic carbocycles. The van der Waals surface area contributed by atoms with Gasteiger partial charge >= 0.3 is 5.97 Å². The van der Waals surface area contributed by atoms with Crippen LogP contribution in [0.1, 0.15) is 15.2 Å². The van der Waals surface area contributed by atoms with Crippen molar-refractivity contribution in [1.29, 1.82) is 0 Å². The molecule has 2 aromatic rings. The number of benzene rings is 1. The lowest BCUT2D eigenvalue weighted by Crippen LogP contribution is -1.96. The molecule has 0 amide bonds. The molecule has 0 spiro atoms. The van der Waals surface area contributed by atoms with Crippen molar-refractivity contribution >= 4 is 27.4 Å². The molecule has 1 heterocycles. The fourth-order valence-electron chi connectivity index (χ4n) is 1.47. The molecule has 0 aliphatic heterocycles. The molecule has 72 valence electrons. The van der Waals surface area contributed by atoms with E-state index in [0.29, 0.717) is 10.9 Å².